The van der Waals surface area contributed by atoms with Gasteiger partial charge in [-0.1, -0.05) is 15.9 Å². The van der Waals surface area contributed by atoms with E-state index in [4.69, 9.17) is 9.84 Å². The average molecular weight is 211 g/mol. The molecule has 1 aliphatic heterocycles. The van der Waals surface area contributed by atoms with Crippen molar-refractivity contribution < 1.29 is 14.9 Å². The van der Waals surface area contributed by atoms with Crippen LogP contribution in [-0.2, 0) is 4.74 Å². The molecule has 1 unspecified atom stereocenters. The van der Waals surface area contributed by atoms with Crippen LogP contribution < -0.4 is 0 Å². The first-order valence-corrected chi connectivity index (χ1v) is 4.17. The number of aliphatic hydroxyl groups excluding tert-OH is 2. The molecule has 0 bridgehead atoms. The van der Waals surface area contributed by atoms with Gasteiger partial charge >= 0.3 is 0 Å². The van der Waals surface area contributed by atoms with E-state index < -0.39 is 6.10 Å². The number of hydrogen-bond acceptors (Lipinski definition) is 3. The molecule has 1 fully saturated rings. The van der Waals surface area contributed by atoms with Crippen LogP contribution in [0.3, 0.4) is 0 Å². The zero-order valence-electron chi connectivity index (χ0n) is 5.70. The molecule has 4 heteroatoms. The zero-order chi connectivity index (χ0) is 7.72. The molecule has 60 valence electrons. The van der Waals surface area contributed by atoms with Crippen LogP contribution in [0, 0.1) is 0 Å². The van der Waals surface area contributed by atoms with Crippen molar-refractivity contribution in [3.8, 4) is 0 Å². The third-order valence-electron chi connectivity index (χ3n) is 1.73. The molecular formula is C6H11BrO3. The van der Waals surface area contributed by atoms with Crippen LogP contribution in [0.4, 0.5) is 0 Å². The van der Waals surface area contributed by atoms with Crippen LogP contribution in [0.15, 0.2) is 0 Å². The minimum absolute atomic E-state index is 0.0443. The van der Waals surface area contributed by atoms with E-state index in [0.29, 0.717) is 0 Å². The quantitative estimate of drug-likeness (QED) is 0.595. The second kappa shape index (κ2) is 3.17. The highest BCUT2D eigenvalue weighted by Crippen LogP contribution is 2.26. The van der Waals surface area contributed by atoms with Crippen LogP contribution in [-0.4, -0.2) is 40.0 Å². The van der Waals surface area contributed by atoms with E-state index in [9.17, 15) is 5.11 Å². The van der Waals surface area contributed by atoms with Crippen molar-refractivity contribution in [1.29, 1.82) is 0 Å². The minimum Gasteiger partial charge on any atom is -0.394 e. The molecule has 4 atom stereocenters. The van der Waals surface area contributed by atoms with Crippen LogP contribution in [0.25, 0.3) is 0 Å². The van der Waals surface area contributed by atoms with Crippen molar-refractivity contribution in [3.05, 3.63) is 0 Å². The molecule has 0 saturated carbocycles. The fourth-order valence-corrected chi connectivity index (χ4v) is 1.78. The Morgan fingerprint density at radius 2 is 2.20 bits per heavy atom. The topological polar surface area (TPSA) is 49.7 Å². The fraction of sp³-hybridized carbons (Fsp3) is 1.00. The number of alkyl halides is 1. The van der Waals surface area contributed by atoms with Crippen molar-refractivity contribution in [2.24, 2.45) is 0 Å². The molecule has 0 aliphatic carbocycles. The maximum atomic E-state index is 9.28. The minimum atomic E-state index is -0.503. The second-order valence-electron chi connectivity index (χ2n) is 2.50. The first-order valence-electron chi connectivity index (χ1n) is 3.25. The average Bonchev–Trinajstić information content (AvgIpc) is 2.17. The summed E-state index contributed by atoms with van der Waals surface area (Å²) in [5.74, 6) is 0. The van der Waals surface area contributed by atoms with Crippen LogP contribution in [0.5, 0.6) is 0 Å². The first kappa shape index (κ1) is 8.46. The van der Waals surface area contributed by atoms with Crippen molar-refractivity contribution in [2.45, 2.75) is 30.1 Å². The van der Waals surface area contributed by atoms with Crippen LogP contribution in [0.2, 0.25) is 0 Å². The van der Waals surface area contributed by atoms with Gasteiger partial charge in [0, 0.05) is 0 Å². The summed E-state index contributed by atoms with van der Waals surface area (Å²) in [6.07, 6.45) is -0.941. The summed E-state index contributed by atoms with van der Waals surface area (Å²) in [5.41, 5.74) is 0. The highest BCUT2D eigenvalue weighted by Gasteiger charge is 2.38. The summed E-state index contributed by atoms with van der Waals surface area (Å²) < 4.78 is 5.19. The molecular weight excluding hydrogens is 200 g/mol. The Balaban J connectivity index is 2.53. The Morgan fingerprint density at radius 3 is 2.40 bits per heavy atom. The summed E-state index contributed by atoms with van der Waals surface area (Å²) in [4.78, 5) is -0.132. The Labute approximate surface area is 68.1 Å². The largest absolute Gasteiger partial charge is 0.394 e. The summed E-state index contributed by atoms with van der Waals surface area (Å²) >= 11 is 3.24. The number of rotatable bonds is 1. The van der Waals surface area contributed by atoms with Gasteiger partial charge in [0.15, 0.2) is 0 Å². The van der Waals surface area contributed by atoms with E-state index in [1.165, 1.54) is 0 Å². The maximum Gasteiger partial charge on any atom is 0.0961 e. The lowest BCUT2D eigenvalue weighted by atomic mass is 10.1. The predicted molar refractivity (Wildman–Crippen MR) is 40.1 cm³/mol. The molecule has 3 nitrogen and oxygen atoms in total. The standard InChI is InChI=1S/C6H11BrO3/c1-3-6(9)5(7)4(2-8)10-3/h3-6,8-9H,2H2,1H3/t3-,4?,5-,6-/m0/s1. The monoisotopic (exact) mass is 210 g/mol. The molecule has 1 rings (SSSR count). The van der Waals surface area contributed by atoms with Gasteiger partial charge in [-0.3, -0.25) is 0 Å². The molecule has 1 aliphatic rings. The molecule has 0 aromatic carbocycles. The molecule has 0 spiro atoms. The molecule has 0 radical (unpaired) electrons. The first-order chi connectivity index (χ1) is 4.66. The predicted octanol–water partition coefficient (Wildman–Crippen LogP) is -0.110. The number of ether oxygens (including phenoxy) is 1. The van der Waals surface area contributed by atoms with Crippen molar-refractivity contribution >= 4 is 15.9 Å². The van der Waals surface area contributed by atoms with Gasteiger partial charge in [0.2, 0.25) is 0 Å². The van der Waals surface area contributed by atoms with E-state index in [1.54, 1.807) is 6.92 Å². The summed E-state index contributed by atoms with van der Waals surface area (Å²) in [5, 5.41) is 18.0. The summed E-state index contributed by atoms with van der Waals surface area (Å²) in [7, 11) is 0. The number of aliphatic hydroxyl groups is 2. The van der Waals surface area contributed by atoms with Gasteiger partial charge in [-0.15, -0.1) is 0 Å². The molecule has 1 saturated heterocycles. The molecule has 0 amide bonds. The van der Waals surface area contributed by atoms with E-state index in [2.05, 4.69) is 15.9 Å². The molecule has 0 aromatic heterocycles. The third-order valence-corrected chi connectivity index (χ3v) is 2.86. The van der Waals surface area contributed by atoms with Gasteiger partial charge in [0.1, 0.15) is 0 Å². The smallest absolute Gasteiger partial charge is 0.0961 e. The van der Waals surface area contributed by atoms with Gasteiger partial charge in [-0.25, -0.2) is 0 Å². The van der Waals surface area contributed by atoms with Gasteiger partial charge in [-0.2, -0.15) is 0 Å². The summed E-state index contributed by atoms with van der Waals surface area (Å²) in [6.45, 7) is 1.74. The van der Waals surface area contributed by atoms with Crippen LogP contribution in [0.1, 0.15) is 6.92 Å². The molecule has 1 heterocycles. The van der Waals surface area contributed by atoms with Crippen molar-refractivity contribution in [3.63, 3.8) is 0 Å². The third kappa shape index (κ3) is 1.34. The van der Waals surface area contributed by atoms with E-state index in [-0.39, 0.29) is 23.6 Å². The Hall–Kier alpha value is 0.360. The van der Waals surface area contributed by atoms with E-state index in [1.807, 2.05) is 0 Å². The Morgan fingerprint density at radius 1 is 1.60 bits per heavy atom. The molecule has 2 N–H and O–H groups in total. The number of hydrogen-bond donors (Lipinski definition) is 2. The highest BCUT2D eigenvalue weighted by atomic mass is 79.9. The molecule has 0 aromatic rings. The highest BCUT2D eigenvalue weighted by molar-refractivity contribution is 9.09. The van der Waals surface area contributed by atoms with E-state index >= 15 is 0 Å². The maximum absolute atomic E-state index is 9.28. The van der Waals surface area contributed by atoms with Crippen LogP contribution >= 0.6 is 15.9 Å². The molecule has 10 heavy (non-hydrogen) atoms. The van der Waals surface area contributed by atoms with Gasteiger partial charge in [0.25, 0.3) is 0 Å². The van der Waals surface area contributed by atoms with Gasteiger partial charge < -0.3 is 14.9 Å². The lowest BCUT2D eigenvalue weighted by molar-refractivity contribution is 0.000899. The SMILES string of the molecule is C[C@@H]1OC(CO)[C@H](Br)[C@H]1O. The van der Waals surface area contributed by atoms with Crippen molar-refractivity contribution in [1.82, 2.24) is 0 Å². The second-order valence-corrected chi connectivity index (χ2v) is 3.55. The van der Waals surface area contributed by atoms with E-state index in [0.717, 1.165) is 0 Å². The lowest BCUT2D eigenvalue weighted by Crippen LogP contribution is -2.27. The zero-order valence-corrected chi connectivity index (χ0v) is 7.28. The normalized spacial score (nSPS) is 48.0. The van der Waals surface area contributed by atoms with Gasteiger partial charge in [0.05, 0.1) is 29.7 Å². The Bertz CT molecular complexity index is 120. The van der Waals surface area contributed by atoms with Gasteiger partial charge in [-0.05, 0) is 6.92 Å². The van der Waals surface area contributed by atoms with Crippen molar-refractivity contribution in [2.75, 3.05) is 6.61 Å². The lowest BCUT2D eigenvalue weighted by Gasteiger charge is -2.09. The Kier molecular flexibility index (Phi) is 2.68. The number of halogens is 1. The fourth-order valence-electron chi connectivity index (χ4n) is 1.05. The summed E-state index contributed by atoms with van der Waals surface area (Å²) in [6, 6.07) is 0.